The summed E-state index contributed by atoms with van der Waals surface area (Å²) in [6.07, 6.45) is 0. The van der Waals surface area contributed by atoms with E-state index in [0.717, 1.165) is 37.3 Å². The third kappa shape index (κ3) is 1.72. The highest BCUT2D eigenvalue weighted by atomic mass is 35.5. The van der Waals surface area contributed by atoms with Gasteiger partial charge in [-0.2, -0.15) is 5.10 Å². The Morgan fingerprint density at radius 2 is 2.00 bits per heavy atom. The molecule has 0 spiro atoms. The first-order valence-corrected chi connectivity index (χ1v) is 6.85. The second-order valence-corrected chi connectivity index (χ2v) is 5.77. The molecule has 0 unspecified atom stereocenters. The van der Waals surface area contributed by atoms with Gasteiger partial charge < -0.3 is 0 Å². The molecule has 18 heavy (non-hydrogen) atoms. The summed E-state index contributed by atoms with van der Waals surface area (Å²) in [5.41, 5.74) is 4.09. The van der Waals surface area contributed by atoms with Crippen molar-refractivity contribution >= 4 is 33.2 Å². The number of benzene rings is 1. The molecule has 0 aliphatic rings. The number of nitrogens with zero attached hydrogens (tertiary/aromatic N) is 3. The van der Waals surface area contributed by atoms with Crippen LogP contribution < -0.4 is 0 Å². The van der Waals surface area contributed by atoms with Gasteiger partial charge in [-0.1, -0.05) is 22.9 Å². The van der Waals surface area contributed by atoms with Crippen molar-refractivity contribution in [3.05, 3.63) is 40.2 Å². The quantitative estimate of drug-likeness (QED) is 0.671. The predicted molar refractivity (Wildman–Crippen MR) is 76.0 cm³/mol. The zero-order valence-corrected chi connectivity index (χ0v) is 11.9. The molecule has 0 fully saturated rings. The highest BCUT2D eigenvalue weighted by molar-refractivity contribution is 7.20. The first-order chi connectivity index (χ1) is 8.56. The van der Waals surface area contributed by atoms with E-state index in [0.29, 0.717) is 0 Å². The minimum atomic E-state index is 0.757. The van der Waals surface area contributed by atoms with E-state index in [1.165, 1.54) is 0 Å². The molecule has 0 radical (unpaired) electrons. The van der Waals surface area contributed by atoms with E-state index in [9.17, 15) is 0 Å². The van der Waals surface area contributed by atoms with Crippen LogP contribution in [0.4, 0.5) is 0 Å². The zero-order valence-electron chi connectivity index (χ0n) is 10.4. The minimum Gasteiger partial charge on any atom is -0.218 e. The third-order valence-corrected chi connectivity index (χ3v) is 4.33. The van der Waals surface area contributed by atoms with Gasteiger partial charge in [0.2, 0.25) is 5.13 Å². The second kappa shape index (κ2) is 4.07. The monoisotopic (exact) mass is 277 g/mol. The van der Waals surface area contributed by atoms with Crippen LogP contribution in [0.15, 0.2) is 18.2 Å². The summed E-state index contributed by atoms with van der Waals surface area (Å²) in [4.78, 5) is 4.65. The van der Waals surface area contributed by atoms with Crippen molar-refractivity contribution in [1.82, 2.24) is 14.8 Å². The van der Waals surface area contributed by atoms with E-state index in [1.54, 1.807) is 11.3 Å². The van der Waals surface area contributed by atoms with E-state index < -0.39 is 0 Å². The summed E-state index contributed by atoms with van der Waals surface area (Å²) in [5.74, 6) is 0. The highest BCUT2D eigenvalue weighted by Crippen LogP contribution is 2.31. The van der Waals surface area contributed by atoms with Gasteiger partial charge in [0.05, 0.1) is 15.9 Å². The van der Waals surface area contributed by atoms with E-state index in [1.807, 2.05) is 43.7 Å². The number of fused-ring (bicyclic) bond motifs is 1. The summed E-state index contributed by atoms with van der Waals surface area (Å²) in [5, 5.41) is 6.11. The van der Waals surface area contributed by atoms with Gasteiger partial charge in [0.1, 0.15) is 0 Å². The average molecular weight is 278 g/mol. The first kappa shape index (κ1) is 11.7. The van der Waals surface area contributed by atoms with E-state index in [4.69, 9.17) is 11.6 Å². The number of aryl methyl sites for hydroxylation is 3. The molecule has 0 saturated carbocycles. The number of hydrogen-bond acceptors (Lipinski definition) is 3. The molecule has 0 saturated heterocycles. The van der Waals surface area contributed by atoms with Crippen molar-refractivity contribution in [2.24, 2.45) is 0 Å². The van der Waals surface area contributed by atoms with Crippen LogP contribution in [0.25, 0.3) is 15.3 Å². The largest absolute Gasteiger partial charge is 0.218 e. The van der Waals surface area contributed by atoms with Gasteiger partial charge in [0.25, 0.3) is 0 Å². The fraction of sp³-hybridized carbons (Fsp3) is 0.231. The molecule has 0 atom stereocenters. The maximum atomic E-state index is 6.12. The molecule has 0 amide bonds. The molecule has 3 nitrogen and oxygen atoms in total. The van der Waals surface area contributed by atoms with Crippen LogP contribution in [-0.2, 0) is 0 Å². The maximum Gasteiger partial charge on any atom is 0.211 e. The Morgan fingerprint density at radius 3 is 2.67 bits per heavy atom. The molecule has 0 bridgehead atoms. The molecule has 2 aromatic heterocycles. The fourth-order valence-corrected chi connectivity index (χ4v) is 3.19. The van der Waals surface area contributed by atoms with E-state index >= 15 is 0 Å². The Labute approximate surface area is 114 Å². The van der Waals surface area contributed by atoms with Crippen molar-refractivity contribution in [3.63, 3.8) is 0 Å². The van der Waals surface area contributed by atoms with Crippen molar-refractivity contribution in [2.45, 2.75) is 20.8 Å². The molecular weight excluding hydrogens is 266 g/mol. The summed E-state index contributed by atoms with van der Waals surface area (Å²) in [6.45, 7) is 6.01. The van der Waals surface area contributed by atoms with Gasteiger partial charge in [0.15, 0.2) is 0 Å². The van der Waals surface area contributed by atoms with Gasteiger partial charge in [0, 0.05) is 10.7 Å². The van der Waals surface area contributed by atoms with Gasteiger partial charge in [-0.15, -0.1) is 0 Å². The highest BCUT2D eigenvalue weighted by Gasteiger charge is 2.12. The molecule has 3 rings (SSSR count). The van der Waals surface area contributed by atoms with Crippen LogP contribution in [0.3, 0.4) is 0 Å². The summed E-state index contributed by atoms with van der Waals surface area (Å²) in [6, 6.07) is 5.98. The lowest BCUT2D eigenvalue weighted by molar-refractivity contribution is 0.827. The fourth-order valence-electron chi connectivity index (χ4n) is 2.00. The summed E-state index contributed by atoms with van der Waals surface area (Å²) >= 11 is 7.75. The standard InChI is InChI=1S/C13H12ClN3S/c1-7-6-8(2)17(16-7)13-15-12-9(3)10(14)4-5-11(12)18-13/h4-6H,1-3H3. The van der Waals surface area contributed by atoms with Crippen molar-refractivity contribution in [3.8, 4) is 5.13 Å². The zero-order chi connectivity index (χ0) is 12.9. The molecule has 5 heteroatoms. The van der Waals surface area contributed by atoms with Crippen molar-refractivity contribution in [2.75, 3.05) is 0 Å². The maximum absolute atomic E-state index is 6.12. The Kier molecular flexibility index (Phi) is 2.64. The Bertz CT molecular complexity index is 742. The Hall–Kier alpha value is -1.39. The van der Waals surface area contributed by atoms with Crippen LogP contribution in [0.5, 0.6) is 0 Å². The van der Waals surface area contributed by atoms with Crippen LogP contribution in [0.2, 0.25) is 5.02 Å². The lowest BCUT2D eigenvalue weighted by atomic mass is 10.2. The first-order valence-electron chi connectivity index (χ1n) is 5.65. The number of aromatic nitrogens is 3. The van der Waals surface area contributed by atoms with E-state index in [-0.39, 0.29) is 0 Å². The molecule has 3 aromatic rings. The molecule has 0 aliphatic carbocycles. The number of halogens is 1. The van der Waals surface area contributed by atoms with Crippen molar-refractivity contribution < 1.29 is 0 Å². The normalized spacial score (nSPS) is 11.3. The van der Waals surface area contributed by atoms with Crippen LogP contribution in [-0.4, -0.2) is 14.8 Å². The summed E-state index contributed by atoms with van der Waals surface area (Å²) in [7, 11) is 0. The Balaban J connectivity index is 2.26. The Morgan fingerprint density at radius 1 is 1.22 bits per heavy atom. The second-order valence-electron chi connectivity index (χ2n) is 4.35. The topological polar surface area (TPSA) is 30.7 Å². The van der Waals surface area contributed by atoms with Crippen LogP contribution in [0.1, 0.15) is 17.0 Å². The van der Waals surface area contributed by atoms with Gasteiger partial charge >= 0.3 is 0 Å². The van der Waals surface area contributed by atoms with E-state index in [2.05, 4.69) is 10.1 Å². The van der Waals surface area contributed by atoms with Gasteiger partial charge in [-0.05, 0) is 44.5 Å². The number of thiazole rings is 1. The summed E-state index contributed by atoms with van der Waals surface area (Å²) < 4.78 is 3.02. The SMILES string of the molecule is Cc1cc(C)n(-c2nc3c(C)c(Cl)ccc3s2)n1. The molecule has 0 N–H and O–H groups in total. The van der Waals surface area contributed by atoms with Gasteiger partial charge in [-0.25, -0.2) is 9.67 Å². The smallest absolute Gasteiger partial charge is 0.211 e. The molecule has 92 valence electrons. The van der Waals surface area contributed by atoms with Crippen molar-refractivity contribution in [1.29, 1.82) is 0 Å². The lowest BCUT2D eigenvalue weighted by Crippen LogP contribution is -1.97. The molecule has 2 heterocycles. The minimum absolute atomic E-state index is 0.757. The predicted octanol–water partition coefficient (Wildman–Crippen LogP) is 4.06. The number of rotatable bonds is 1. The van der Waals surface area contributed by atoms with Gasteiger partial charge in [-0.3, -0.25) is 0 Å². The molecule has 0 aliphatic heterocycles. The average Bonchev–Trinajstić information content (AvgIpc) is 2.87. The van der Waals surface area contributed by atoms with Crippen LogP contribution >= 0.6 is 22.9 Å². The van der Waals surface area contributed by atoms with Crippen LogP contribution in [0, 0.1) is 20.8 Å². The number of hydrogen-bond donors (Lipinski definition) is 0. The third-order valence-electron chi connectivity index (χ3n) is 2.93. The molecule has 1 aromatic carbocycles. The lowest BCUT2D eigenvalue weighted by Gasteiger charge is -1.97. The molecular formula is C13H12ClN3S.